The summed E-state index contributed by atoms with van der Waals surface area (Å²) in [5.74, 6) is -0.358. The fraction of sp³-hybridized carbons (Fsp3) is 0.0714. The molecule has 0 radical (unpaired) electrons. The normalized spacial score (nSPS) is 10.2. The predicted octanol–water partition coefficient (Wildman–Crippen LogP) is 5.25. The molecule has 2 aromatic rings. The second-order valence-corrected chi connectivity index (χ2v) is 5.41. The van der Waals surface area contributed by atoms with Crippen molar-refractivity contribution in [2.24, 2.45) is 0 Å². The van der Waals surface area contributed by atoms with E-state index in [-0.39, 0.29) is 10.9 Å². The summed E-state index contributed by atoms with van der Waals surface area (Å²) in [4.78, 5) is 0. The summed E-state index contributed by atoms with van der Waals surface area (Å²) in [6, 6.07) is 9.89. The number of benzene rings is 2. The van der Waals surface area contributed by atoms with Crippen LogP contribution in [0.15, 0.2) is 36.4 Å². The second-order valence-electron chi connectivity index (χ2n) is 4.19. The van der Waals surface area contributed by atoms with E-state index in [2.05, 4.69) is 10.6 Å². The highest BCUT2D eigenvalue weighted by Crippen LogP contribution is 2.25. The molecule has 0 bridgehead atoms. The molecule has 2 N–H and O–H groups in total. The molecule has 0 amide bonds. The molecule has 104 valence electrons. The molecule has 0 aliphatic heterocycles. The standard InChI is InChI=1S/C14H11Cl2FN2S/c1-8-2-5-13(12(17)6-8)19-14(20)18-9-3-4-10(15)11(16)7-9/h2-7H,1H3,(H2,18,19,20). The summed E-state index contributed by atoms with van der Waals surface area (Å²) in [5.41, 5.74) is 1.83. The molecule has 0 fully saturated rings. The first-order chi connectivity index (χ1) is 9.45. The van der Waals surface area contributed by atoms with Crippen LogP contribution in [0, 0.1) is 12.7 Å². The molecule has 0 saturated carbocycles. The van der Waals surface area contributed by atoms with Gasteiger partial charge < -0.3 is 10.6 Å². The van der Waals surface area contributed by atoms with Crippen LogP contribution in [-0.4, -0.2) is 5.11 Å². The summed E-state index contributed by atoms with van der Waals surface area (Å²) < 4.78 is 13.7. The highest BCUT2D eigenvalue weighted by molar-refractivity contribution is 7.80. The van der Waals surface area contributed by atoms with E-state index in [0.29, 0.717) is 21.4 Å². The Morgan fingerprint density at radius 1 is 1.05 bits per heavy atom. The van der Waals surface area contributed by atoms with Crippen molar-refractivity contribution in [1.82, 2.24) is 0 Å². The molecule has 20 heavy (non-hydrogen) atoms. The van der Waals surface area contributed by atoms with Gasteiger partial charge in [-0.25, -0.2) is 4.39 Å². The lowest BCUT2D eigenvalue weighted by Crippen LogP contribution is -2.19. The number of hydrogen-bond donors (Lipinski definition) is 2. The Labute approximate surface area is 131 Å². The fourth-order valence-corrected chi connectivity index (χ4v) is 2.11. The minimum Gasteiger partial charge on any atom is -0.332 e. The summed E-state index contributed by atoms with van der Waals surface area (Å²) in [6.07, 6.45) is 0. The minimum absolute atomic E-state index is 0.270. The van der Waals surface area contributed by atoms with Gasteiger partial charge in [0.2, 0.25) is 0 Å². The second kappa shape index (κ2) is 6.39. The smallest absolute Gasteiger partial charge is 0.175 e. The van der Waals surface area contributed by atoms with Gasteiger partial charge >= 0.3 is 0 Å². The van der Waals surface area contributed by atoms with E-state index in [1.165, 1.54) is 6.07 Å². The molecule has 0 heterocycles. The molecule has 0 unspecified atom stereocenters. The molecule has 2 rings (SSSR count). The molecule has 0 saturated heterocycles. The Morgan fingerprint density at radius 3 is 2.45 bits per heavy atom. The van der Waals surface area contributed by atoms with Gasteiger partial charge in [-0.3, -0.25) is 0 Å². The van der Waals surface area contributed by atoms with Crippen LogP contribution < -0.4 is 10.6 Å². The summed E-state index contributed by atoms with van der Waals surface area (Å²) in [6.45, 7) is 1.82. The molecule has 2 nitrogen and oxygen atoms in total. The first kappa shape index (κ1) is 15.0. The van der Waals surface area contributed by atoms with E-state index in [4.69, 9.17) is 35.4 Å². The largest absolute Gasteiger partial charge is 0.332 e. The van der Waals surface area contributed by atoms with E-state index in [1.807, 2.05) is 6.92 Å². The van der Waals surface area contributed by atoms with Crippen LogP contribution in [0.2, 0.25) is 10.0 Å². The lowest BCUT2D eigenvalue weighted by Gasteiger charge is -2.12. The maximum absolute atomic E-state index is 13.7. The van der Waals surface area contributed by atoms with E-state index in [0.717, 1.165) is 5.56 Å². The third kappa shape index (κ3) is 3.82. The molecule has 6 heteroatoms. The van der Waals surface area contributed by atoms with Crippen LogP contribution in [-0.2, 0) is 0 Å². The van der Waals surface area contributed by atoms with Gasteiger partial charge in [-0.2, -0.15) is 0 Å². The van der Waals surface area contributed by atoms with E-state index < -0.39 is 0 Å². The topological polar surface area (TPSA) is 24.1 Å². The van der Waals surface area contributed by atoms with Crippen LogP contribution >= 0.6 is 35.4 Å². The lowest BCUT2D eigenvalue weighted by atomic mass is 10.2. The quantitative estimate of drug-likeness (QED) is 0.736. The lowest BCUT2D eigenvalue weighted by molar-refractivity contribution is 0.631. The van der Waals surface area contributed by atoms with Crippen molar-refractivity contribution in [3.05, 3.63) is 57.8 Å². The van der Waals surface area contributed by atoms with Gasteiger partial charge in [0, 0.05) is 5.69 Å². The van der Waals surface area contributed by atoms with Crippen LogP contribution in [0.5, 0.6) is 0 Å². The average molecular weight is 329 g/mol. The molecule has 0 spiro atoms. The van der Waals surface area contributed by atoms with Gasteiger partial charge in [-0.15, -0.1) is 0 Å². The monoisotopic (exact) mass is 328 g/mol. The highest BCUT2D eigenvalue weighted by Gasteiger charge is 2.05. The molecule has 0 aromatic heterocycles. The summed E-state index contributed by atoms with van der Waals surface area (Å²) in [5, 5.41) is 6.85. The van der Waals surface area contributed by atoms with Crippen LogP contribution in [0.25, 0.3) is 0 Å². The van der Waals surface area contributed by atoms with Crippen LogP contribution in [0.3, 0.4) is 0 Å². The van der Waals surface area contributed by atoms with Gasteiger partial charge in [0.25, 0.3) is 0 Å². The number of aryl methyl sites for hydroxylation is 1. The molecular weight excluding hydrogens is 318 g/mol. The SMILES string of the molecule is Cc1ccc(NC(=S)Nc2ccc(Cl)c(Cl)c2)c(F)c1. The van der Waals surface area contributed by atoms with E-state index in [1.54, 1.807) is 30.3 Å². The summed E-state index contributed by atoms with van der Waals surface area (Å²) >= 11 is 16.9. The number of hydrogen-bond acceptors (Lipinski definition) is 1. The first-order valence-electron chi connectivity index (χ1n) is 5.75. The Morgan fingerprint density at radius 2 is 1.80 bits per heavy atom. The number of nitrogens with one attached hydrogen (secondary N) is 2. The van der Waals surface area contributed by atoms with E-state index >= 15 is 0 Å². The molecule has 0 aliphatic carbocycles. The van der Waals surface area contributed by atoms with E-state index in [9.17, 15) is 4.39 Å². The van der Waals surface area contributed by atoms with Crippen LogP contribution in [0.1, 0.15) is 5.56 Å². The average Bonchev–Trinajstić information content (AvgIpc) is 2.37. The van der Waals surface area contributed by atoms with Crippen molar-refractivity contribution in [2.75, 3.05) is 10.6 Å². The Balaban J connectivity index is 2.07. The number of halogens is 3. The van der Waals surface area contributed by atoms with Crippen LogP contribution in [0.4, 0.5) is 15.8 Å². The zero-order valence-electron chi connectivity index (χ0n) is 10.5. The zero-order valence-corrected chi connectivity index (χ0v) is 12.8. The number of thiocarbonyl (C=S) groups is 1. The maximum atomic E-state index is 13.7. The Hall–Kier alpha value is -1.36. The molecule has 0 atom stereocenters. The summed E-state index contributed by atoms with van der Waals surface area (Å²) in [7, 11) is 0. The molecule has 0 aliphatic rings. The van der Waals surface area contributed by atoms with Gasteiger partial charge in [-0.05, 0) is 55.0 Å². The van der Waals surface area contributed by atoms with Gasteiger partial charge in [-0.1, -0.05) is 29.3 Å². The van der Waals surface area contributed by atoms with Gasteiger partial charge in [0.1, 0.15) is 5.82 Å². The van der Waals surface area contributed by atoms with Gasteiger partial charge in [0.15, 0.2) is 5.11 Å². The Kier molecular flexibility index (Phi) is 4.81. The van der Waals surface area contributed by atoms with Crippen molar-refractivity contribution < 1.29 is 4.39 Å². The van der Waals surface area contributed by atoms with Crippen molar-refractivity contribution in [3.8, 4) is 0 Å². The number of anilines is 2. The third-order valence-corrected chi connectivity index (χ3v) is 3.49. The third-order valence-electron chi connectivity index (χ3n) is 2.55. The molecular formula is C14H11Cl2FN2S. The van der Waals surface area contributed by atoms with Gasteiger partial charge in [0.05, 0.1) is 15.7 Å². The zero-order chi connectivity index (χ0) is 14.7. The minimum atomic E-state index is -0.358. The van der Waals surface area contributed by atoms with Crippen molar-refractivity contribution >= 4 is 51.9 Å². The first-order valence-corrected chi connectivity index (χ1v) is 6.91. The van der Waals surface area contributed by atoms with Crippen molar-refractivity contribution in [1.29, 1.82) is 0 Å². The maximum Gasteiger partial charge on any atom is 0.175 e. The predicted molar refractivity (Wildman–Crippen MR) is 87.4 cm³/mol. The molecule has 2 aromatic carbocycles. The van der Waals surface area contributed by atoms with Crippen molar-refractivity contribution in [3.63, 3.8) is 0 Å². The highest BCUT2D eigenvalue weighted by atomic mass is 35.5. The van der Waals surface area contributed by atoms with Crippen molar-refractivity contribution in [2.45, 2.75) is 6.92 Å². The Bertz CT molecular complexity index is 662. The number of rotatable bonds is 2. The fourth-order valence-electron chi connectivity index (χ4n) is 1.58.